The molecule has 3 nitrogen and oxygen atoms in total. The lowest BCUT2D eigenvalue weighted by atomic mass is 10.2. The Morgan fingerprint density at radius 1 is 1.21 bits per heavy atom. The van der Waals surface area contributed by atoms with E-state index in [1.54, 1.807) is 0 Å². The van der Waals surface area contributed by atoms with Crippen LogP contribution in [0.15, 0.2) is 24.3 Å². The van der Waals surface area contributed by atoms with Crippen LogP contribution in [-0.4, -0.2) is 22.6 Å². The number of fused-ring (bicyclic) bond motifs is 1. The molecule has 1 heterocycles. The molecule has 0 bridgehead atoms. The summed E-state index contributed by atoms with van der Waals surface area (Å²) < 4.78 is 2.40. The van der Waals surface area contributed by atoms with Gasteiger partial charge < -0.3 is 9.88 Å². The Labute approximate surface area is 116 Å². The van der Waals surface area contributed by atoms with E-state index in [9.17, 15) is 0 Å². The minimum Gasteiger partial charge on any atom is -0.324 e. The van der Waals surface area contributed by atoms with E-state index in [1.165, 1.54) is 17.8 Å². The Morgan fingerprint density at radius 3 is 2.74 bits per heavy atom. The molecule has 0 aliphatic rings. The third-order valence-electron chi connectivity index (χ3n) is 3.45. The van der Waals surface area contributed by atoms with Gasteiger partial charge in [0.1, 0.15) is 5.82 Å². The quantitative estimate of drug-likeness (QED) is 0.771. The van der Waals surface area contributed by atoms with Crippen molar-refractivity contribution < 1.29 is 0 Å². The van der Waals surface area contributed by atoms with E-state index in [0.717, 1.165) is 31.4 Å². The van der Waals surface area contributed by atoms with Gasteiger partial charge in [-0.2, -0.15) is 0 Å². The van der Waals surface area contributed by atoms with Crippen LogP contribution in [0.2, 0.25) is 0 Å². The molecule has 0 fully saturated rings. The molecule has 0 saturated heterocycles. The molecule has 1 aromatic heterocycles. The van der Waals surface area contributed by atoms with Gasteiger partial charge in [0.25, 0.3) is 0 Å². The molecule has 1 unspecified atom stereocenters. The van der Waals surface area contributed by atoms with Gasteiger partial charge >= 0.3 is 0 Å². The Morgan fingerprint density at radius 2 is 2.00 bits per heavy atom. The van der Waals surface area contributed by atoms with E-state index in [4.69, 9.17) is 4.98 Å². The number of rotatable bonds is 7. The first kappa shape index (κ1) is 14.1. The van der Waals surface area contributed by atoms with Crippen molar-refractivity contribution >= 4 is 11.0 Å². The van der Waals surface area contributed by atoms with Crippen molar-refractivity contribution in [3.63, 3.8) is 0 Å². The van der Waals surface area contributed by atoms with Crippen molar-refractivity contribution in [3.8, 4) is 0 Å². The molecule has 19 heavy (non-hydrogen) atoms. The second-order valence-electron chi connectivity index (χ2n) is 5.19. The van der Waals surface area contributed by atoms with Crippen molar-refractivity contribution in [3.05, 3.63) is 30.1 Å². The average molecular weight is 259 g/mol. The maximum absolute atomic E-state index is 4.79. The van der Waals surface area contributed by atoms with Crippen LogP contribution >= 0.6 is 0 Å². The number of imidazole rings is 1. The van der Waals surface area contributed by atoms with E-state index in [-0.39, 0.29) is 0 Å². The highest BCUT2D eigenvalue weighted by molar-refractivity contribution is 5.76. The summed E-state index contributed by atoms with van der Waals surface area (Å²) in [6, 6.07) is 8.90. The van der Waals surface area contributed by atoms with Crippen LogP contribution in [0.4, 0.5) is 0 Å². The number of nitrogens with zero attached hydrogens (tertiary/aromatic N) is 2. The predicted molar refractivity (Wildman–Crippen MR) is 81.6 cm³/mol. The van der Waals surface area contributed by atoms with Gasteiger partial charge in [-0.25, -0.2) is 4.98 Å². The van der Waals surface area contributed by atoms with E-state index in [1.807, 2.05) is 0 Å². The van der Waals surface area contributed by atoms with Gasteiger partial charge in [-0.3, -0.25) is 0 Å². The Balaban J connectivity index is 2.29. The van der Waals surface area contributed by atoms with E-state index >= 15 is 0 Å². The molecule has 104 valence electrons. The van der Waals surface area contributed by atoms with Crippen LogP contribution in [0.25, 0.3) is 11.0 Å². The van der Waals surface area contributed by atoms with Gasteiger partial charge in [0, 0.05) is 19.0 Å². The maximum atomic E-state index is 4.79. The molecular formula is C16H25N3. The lowest BCUT2D eigenvalue weighted by Crippen LogP contribution is -2.25. The van der Waals surface area contributed by atoms with Gasteiger partial charge in [-0.15, -0.1) is 0 Å². The number of para-hydroxylation sites is 2. The minimum atomic E-state index is 0.445. The summed E-state index contributed by atoms with van der Waals surface area (Å²) in [7, 11) is 0. The molecule has 2 rings (SSSR count). The molecule has 1 N–H and O–H groups in total. The average Bonchev–Trinajstić information content (AvgIpc) is 2.77. The summed E-state index contributed by atoms with van der Waals surface area (Å²) in [5.74, 6) is 1.22. The van der Waals surface area contributed by atoms with E-state index in [0.29, 0.717) is 6.04 Å². The van der Waals surface area contributed by atoms with Crippen molar-refractivity contribution in [2.24, 2.45) is 0 Å². The normalized spacial score (nSPS) is 13.0. The molecule has 3 heteroatoms. The number of hydrogen-bond acceptors (Lipinski definition) is 2. The number of aryl methyl sites for hydroxylation is 1. The smallest absolute Gasteiger partial charge is 0.110 e. The molecule has 0 spiro atoms. The zero-order valence-corrected chi connectivity index (χ0v) is 12.3. The Bertz CT molecular complexity index is 516. The SMILES string of the molecule is CCCNCC(C)n1c(CCC)nc2ccccc21. The summed E-state index contributed by atoms with van der Waals surface area (Å²) in [5, 5.41) is 3.51. The third-order valence-corrected chi connectivity index (χ3v) is 3.45. The molecule has 0 amide bonds. The van der Waals surface area contributed by atoms with Crippen LogP contribution < -0.4 is 5.32 Å². The number of hydrogen-bond donors (Lipinski definition) is 1. The molecule has 1 aromatic carbocycles. The summed E-state index contributed by atoms with van der Waals surface area (Å²) in [5.41, 5.74) is 2.38. The van der Waals surface area contributed by atoms with Crippen molar-refractivity contribution in [2.75, 3.05) is 13.1 Å². The Hall–Kier alpha value is -1.35. The van der Waals surface area contributed by atoms with Crippen molar-refractivity contribution in [1.82, 2.24) is 14.9 Å². The topological polar surface area (TPSA) is 29.9 Å². The van der Waals surface area contributed by atoms with Crippen LogP contribution in [0.5, 0.6) is 0 Å². The van der Waals surface area contributed by atoms with Gasteiger partial charge in [-0.05, 0) is 38.4 Å². The zero-order chi connectivity index (χ0) is 13.7. The summed E-state index contributed by atoms with van der Waals surface area (Å²) in [6.07, 6.45) is 3.37. The van der Waals surface area contributed by atoms with Gasteiger partial charge in [0.2, 0.25) is 0 Å². The number of aromatic nitrogens is 2. The number of benzene rings is 1. The van der Waals surface area contributed by atoms with Gasteiger partial charge in [0.05, 0.1) is 11.0 Å². The minimum absolute atomic E-state index is 0.445. The van der Waals surface area contributed by atoms with Gasteiger partial charge in [0.15, 0.2) is 0 Å². The van der Waals surface area contributed by atoms with Crippen LogP contribution in [0.3, 0.4) is 0 Å². The fraction of sp³-hybridized carbons (Fsp3) is 0.562. The lowest BCUT2D eigenvalue weighted by Gasteiger charge is -2.18. The second-order valence-corrected chi connectivity index (χ2v) is 5.19. The van der Waals surface area contributed by atoms with Crippen molar-refractivity contribution in [2.45, 2.75) is 46.1 Å². The first-order chi connectivity index (χ1) is 9.27. The van der Waals surface area contributed by atoms with Gasteiger partial charge in [-0.1, -0.05) is 26.0 Å². The predicted octanol–water partition coefficient (Wildman–Crippen LogP) is 3.55. The summed E-state index contributed by atoms with van der Waals surface area (Å²) in [4.78, 5) is 4.79. The molecular weight excluding hydrogens is 234 g/mol. The molecule has 0 radical (unpaired) electrons. The zero-order valence-electron chi connectivity index (χ0n) is 12.3. The maximum Gasteiger partial charge on any atom is 0.110 e. The molecule has 2 aromatic rings. The highest BCUT2D eigenvalue weighted by Crippen LogP contribution is 2.21. The summed E-state index contributed by atoms with van der Waals surface area (Å²) in [6.45, 7) is 8.78. The van der Waals surface area contributed by atoms with E-state index in [2.05, 4.69) is 54.9 Å². The fourth-order valence-corrected chi connectivity index (χ4v) is 2.57. The fourth-order valence-electron chi connectivity index (χ4n) is 2.57. The highest BCUT2D eigenvalue weighted by atomic mass is 15.1. The van der Waals surface area contributed by atoms with Crippen LogP contribution in [0.1, 0.15) is 45.5 Å². The standard InChI is InChI=1S/C16H25N3/c1-4-8-16-18-14-9-6-7-10-15(14)19(16)13(3)12-17-11-5-2/h6-7,9-10,13,17H,4-5,8,11-12H2,1-3H3. The van der Waals surface area contributed by atoms with Crippen LogP contribution in [-0.2, 0) is 6.42 Å². The van der Waals surface area contributed by atoms with Crippen molar-refractivity contribution in [1.29, 1.82) is 0 Å². The molecule has 1 atom stereocenters. The van der Waals surface area contributed by atoms with Crippen LogP contribution in [0, 0.1) is 0 Å². The molecule has 0 aliphatic carbocycles. The number of nitrogens with one attached hydrogen (secondary N) is 1. The molecule has 0 saturated carbocycles. The largest absolute Gasteiger partial charge is 0.324 e. The summed E-state index contributed by atoms with van der Waals surface area (Å²) >= 11 is 0. The third kappa shape index (κ3) is 3.16. The Kier molecular flexibility index (Phi) is 4.97. The first-order valence-electron chi connectivity index (χ1n) is 7.44. The van der Waals surface area contributed by atoms with E-state index < -0.39 is 0 Å². The molecule has 0 aliphatic heterocycles. The lowest BCUT2D eigenvalue weighted by molar-refractivity contribution is 0.487. The monoisotopic (exact) mass is 259 g/mol. The highest BCUT2D eigenvalue weighted by Gasteiger charge is 2.14. The first-order valence-corrected chi connectivity index (χ1v) is 7.44. The second kappa shape index (κ2) is 6.71.